The molecule has 0 unspecified atom stereocenters. The minimum atomic E-state index is -2.50. The van der Waals surface area contributed by atoms with E-state index in [4.69, 9.17) is 10.5 Å². The van der Waals surface area contributed by atoms with Gasteiger partial charge in [0, 0.05) is 18.0 Å². The van der Waals surface area contributed by atoms with Gasteiger partial charge in [0.25, 0.3) is 6.43 Å². The summed E-state index contributed by atoms with van der Waals surface area (Å²) in [5, 5.41) is 0. The van der Waals surface area contributed by atoms with Gasteiger partial charge in [-0.2, -0.15) is 0 Å². The Morgan fingerprint density at radius 3 is 2.47 bits per heavy atom. The van der Waals surface area contributed by atoms with Crippen molar-refractivity contribution in [1.82, 2.24) is 4.98 Å². The largest absolute Gasteiger partial charge is 0.472 e. The minimum absolute atomic E-state index is 0.172. The first kappa shape index (κ1) is 13.8. The van der Waals surface area contributed by atoms with Gasteiger partial charge in [-0.1, -0.05) is 20.8 Å². The quantitative estimate of drug-likeness (QED) is 0.885. The molecule has 0 bridgehead atoms. The number of nitrogens with zero attached hydrogens (tertiary/aromatic N) is 1. The van der Waals surface area contributed by atoms with Gasteiger partial charge in [0.1, 0.15) is 0 Å². The van der Waals surface area contributed by atoms with E-state index in [0.717, 1.165) is 11.3 Å². The Kier molecular flexibility index (Phi) is 4.40. The normalized spacial score (nSPS) is 11.9. The smallest absolute Gasteiger partial charge is 0.272 e. The highest BCUT2D eigenvalue weighted by Gasteiger charge is 2.17. The van der Waals surface area contributed by atoms with Gasteiger partial charge in [-0.25, -0.2) is 13.8 Å². The van der Waals surface area contributed by atoms with Gasteiger partial charge in [0.2, 0.25) is 5.88 Å². The molecule has 0 aliphatic carbocycles. The van der Waals surface area contributed by atoms with Crippen LogP contribution in [0.4, 0.5) is 8.78 Å². The Bertz CT molecular complexity index is 375. The lowest BCUT2D eigenvalue weighted by Crippen LogP contribution is -2.16. The van der Waals surface area contributed by atoms with Crippen LogP contribution < -0.4 is 10.5 Å². The van der Waals surface area contributed by atoms with Crippen LogP contribution in [0.25, 0.3) is 0 Å². The van der Waals surface area contributed by atoms with Crippen LogP contribution in [0.15, 0.2) is 12.1 Å². The van der Waals surface area contributed by atoms with Crippen molar-refractivity contribution >= 4 is 0 Å². The highest BCUT2D eigenvalue weighted by Crippen LogP contribution is 2.24. The van der Waals surface area contributed by atoms with Crippen LogP contribution in [0.1, 0.15) is 32.0 Å². The average Bonchev–Trinajstić information content (AvgIpc) is 2.24. The maximum absolute atomic E-state index is 12.1. The molecule has 3 nitrogen and oxygen atoms in total. The molecule has 2 N–H and O–H groups in total. The van der Waals surface area contributed by atoms with Crippen LogP contribution >= 0.6 is 0 Å². The lowest BCUT2D eigenvalue weighted by Gasteiger charge is -2.19. The van der Waals surface area contributed by atoms with Crippen LogP contribution in [0.2, 0.25) is 0 Å². The second kappa shape index (κ2) is 5.40. The molecule has 0 aliphatic heterocycles. The van der Waals surface area contributed by atoms with Crippen molar-refractivity contribution in [3.05, 3.63) is 23.4 Å². The molecule has 1 aromatic heterocycles. The zero-order valence-corrected chi connectivity index (χ0v) is 10.3. The summed E-state index contributed by atoms with van der Waals surface area (Å²) >= 11 is 0. The molecule has 17 heavy (non-hydrogen) atoms. The first-order valence-corrected chi connectivity index (χ1v) is 5.45. The van der Waals surface area contributed by atoms with E-state index in [2.05, 4.69) is 4.98 Å². The Hall–Kier alpha value is -1.23. The summed E-state index contributed by atoms with van der Waals surface area (Å²) in [5.74, 6) is 0.207. The summed E-state index contributed by atoms with van der Waals surface area (Å²) in [4.78, 5) is 4.21. The van der Waals surface area contributed by atoms with Crippen molar-refractivity contribution in [3.63, 3.8) is 0 Å². The van der Waals surface area contributed by atoms with Gasteiger partial charge in [0.15, 0.2) is 6.61 Å². The Morgan fingerprint density at radius 2 is 2.00 bits per heavy atom. The van der Waals surface area contributed by atoms with Crippen LogP contribution in [0, 0.1) is 0 Å². The number of hydrogen-bond donors (Lipinski definition) is 1. The summed E-state index contributed by atoms with van der Waals surface area (Å²) in [7, 11) is 0. The van der Waals surface area contributed by atoms with E-state index in [1.54, 1.807) is 6.07 Å². The maximum atomic E-state index is 12.1. The summed E-state index contributed by atoms with van der Waals surface area (Å²) in [5.41, 5.74) is 6.99. The number of ether oxygens (including phenoxy) is 1. The third kappa shape index (κ3) is 4.26. The van der Waals surface area contributed by atoms with Crippen LogP contribution in [0.3, 0.4) is 0 Å². The second-order valence-corrected chi connectivity index (χ2v) is 4.86. The van der Waals surface area contributed by atoms with Gasteiger partial charge in [-0.3, -0.25) is 0 Å². The fraction of sp³-hybridized carbons (Fsp3) is 0.583. The highest BCUT2D eigenvalue weighted by molar-refractivity contribution is 5.28. The van der Waals surface area contributed by atoms with Crippen molar-refractivity contribution in [2.45, 2.75) is 39.2 Å². The predicted octanol–water partition coefficient (Wildman–Crippen LogP) is 2.48. The third-order valence-electron chi connectivity index (χ3n) is 2.22. The van der Waals surface area contributed by atoms with Crippen LogP contribution in [-0.4, -0.2) is 18.0 Å². The third-order valence-corrected chi connectivity index (χ3v) is 2.22. The fourth-order valence-corrected chi connectivity index (χ4v) is 1.28. The molecule has 0 saturated heterocycles. The van der Waals surface area contributed by atoms with Gasteiger partial charge >= 0.3 is 0 Å². The molecule has 1 heterocycles. The number of rotatable bonds is 4. The van der Waals surface area contributed by atoms with Gasteiger partial charge < -0.3 is 10.5 Å². The van der Waals surface area contributed by atoms with Crippen LogP contribution in [-0.2, 0) is 12.0 Å². The monoisotopic (exact) mass is 244 g/mol. The second-order valence-electron chi connectivity index (χ2n) is 4.86. The van der Waals surface area contributed by atoms with E-state index >= 15 is 0 Å². The molecule has 0 atom stereocenters. The average molecular weight is 244 g/mol. The Morgan fingerprint density at radius 1 is 1.35 bits per heavy atom. The lowest BCUT2D eigenvalue weighted by atomic mass is 9.91. The SMILES string of the molecule is CC(C)(C)c1cc(CN)cc(OCC(F)F)n1. The molecule has 0 spiro atoms. The summed E-state index contributed by atoms with van der Waals surface area (Å²) in [6.07, 6.45) is -2.50. The number of nitrogens with two attached hydrogens (primary N) is 1. The molecule has 1 aromatic rings. The van der Waals surface area contributed by atoms with Crippen molar-refractivity contribution in [3.8, 4) is 5.88 Å². The molecule has 0 amide bonds. The van der Waals surface area contributed by atoms with E-state index in [1.165, 1.54) is 0 Å². The standard InChI is InChI=1S/C12H18F2N2O/c1-12(2,3)9-4-8(6-15)5-11(16-9)17-7-10(13)14/h4-5,10H,6-7,15H2,1-3H3. The molecule has 1 rings (SSSR count). The minimum Gasteiger partial charge on any atom is -0.472 e. The number of halogens is 2. The zero-order chi connectivity index (χ0) is 13.1. The predicted molar refractivity (Wildman–Crippen MR) is 62.3 cm³/mol. The van der Waals surface area contributed by atoms with E-state index in [0.29, 0.717) is 6.54 Å². The first-order chi connectivity index (χ1) is 7.82. The fourth-order valence-electron chi connectivity index (χ4n) is 1.28. The molecular formula is C12H18F2N2O. The maximum Gasteiger partial charge on any atom is 0.272 e. The van der Waals surface area contributed by atoms with Crippen molar-refractivity contribution in [2.75, 3.05) is 6.61 Å². The topological polar surface area (TPSA) is 48.1 Å². The summed E-state index contributed by atoms with van der Waals surface area (Å²) in [6.45, 7) is 5.66. The molecule has 0 aliphatic rings. The van der Waals surface area contributed by atoms with Gasteiger partial charge in [0.05, 0.1) is 5.69 Å². The first-order valence-electron chi connectivity index (χ1n) is 5.45. The van der Waals surface area contributed by atoms with E-state index in [9.17, 15) is 8.78 Å². The van der Waals surface area contributed by atoms with Crippen molar-refractivity contribution in [1.29, 1.82) is 0 Å². The van der Waals surface area contributed by atoms with E-state index in [1.807, 2.05) is 26.8 Å². The molecule has 0 aromatic carbocycles. The number of pyridine rings is 1. The number of hydrogen-bond acceptors (Lipinski definition) is 3. The Balaban J connectivity index is 2.97. The molecule has 0 saturated carbocycles. The van der Waals surface area contributed by atoms with E-state index < -0.39 is 13.0 Å². The van der Waals surface area contributed by atoms with Gasteiger partial charge in [-0.05, 0) is 11.6 Å². The molecule has 0 radical (unpaired) electrons. The lowest BCUT2D eigenvalue weighted by molar-refractivity contribution is 0.0793. The van der Waals surface area contributed by atoms with Crippen molar-refractivity contribution < 1.29 is 13.5 Å². The molecular weight excluding hydrogens is 226 g/mol. The molecule has 5 heteroatoms. The molecule has 96 valence electrons. The van der Waals surface area contributed by atoms with E-state index in [-0.39, 0.29) is 11.3 Å². The van der Waals surface area contributed by atoms with Crippen LogP contribution in [0.5, 0.6) is 5.88 Å². The zero-order valence-electron chi connectivity index (χ0n) is 10.3. The summed E-state index contributed by atoms with van der Waals surface area (Å²) in [6, 6.07) is 3.47. The highest BCUT2D eigenvalue weighted by atomic mass is 19.3. The Labute approximate surface area is 100.0 Å². The van der Waals surface area contributed by atoms with Crippen molar-refractivity contribution in [2.24, 2.45) is 5.73 Å². The number of alkyl halides is 2. The number of aromatic nitrogens is 1. The molecule has 0 fully saturated rings. The van der Waals surface area contributed by atoms with Gasteiger partial charge in [-0.15, -0.1) is 0 Å². The summed E-state index contributed by atoms with van der Waals surface area (Å²) < 4.78 is 29.0.